The number of nitrogens with zero attached hydrogens (tertiary/aromatic N) is 2. The molecule has 1 aromatic carbocycles. The predicted molar refractivity (Wildman–Crippen MR) is 94.4 cm³/mol. The van der Waals surface area contributed by atoms with E-state index in [-0.39, 0.29) is 24.3 Å². The molecule has 0 amide bonds. The molecule has 3 rings (SSSR count). The number of nitrogens with one attached hydrogen (secondary N) is 2. The van der Waals surface area contributed by atoms with Gasteiger partial charge < -0.3 is 20.8 Å². The van der Waals surface area contributed by atoms with Crippen molar-refractivity contribution in [3.8, 4) is 17.0 Å². The maximum atomic E-state index is 12.7. The molecule has 1 aliphatic heterocycles. The first-order valence-corrected chi connectivity index (χ1v) is 8.63. The molecular weight excluding hydrogens is 361 g/mol. The molecule has 1 saturated heterocycles. The summed E-state index contributed by atoms with van der Waals surface area (Å²) in [7, 11) is 0. The minimum Gasteiger partial charge on any atom is -0.507 e. The number of phenols is 1. The molecule has 2 atom stereocenters. The molecule has 146 valence electrons. The third-order valence-corrected chi connectivity index (χ3v) is 4.65. The van der Waals surface area contributed by atoms with Crippen molar-refractivity contribution < 1.29 is 23.4 Å². The zero-order chi connectivity index (χ0) is 19.6. The first kappa shape index (κ1) is 19.4. The molecule has 1 fully saturated rings. The molecule has 9 heteroatoms. The molecule has 1 aromatic heterocycles. The number of hydrogen-bond acceptors (Lipinski definition) is 6. The van der Waals surface area contributed by atoms with Crippen LogP contribution in [0.5, 0.6) is 5.75 Å². The Hall–Kier alpha value is -2.39. The van der Waals surface area contributed by atoms with E-state index in [9.17, 15) is 18.3 Å². The summed E-state index contributed by atoms with van der Waals surface area (Å²) in [5.41, 5.74) is 0.289. The lowest BCUT2D eigenvalue weighted by Gasteiger charge is -2.29. The smallest absolute Gasteiger partial charge is 0.416 e. The number of aryl methyl sites for hydroxylation is 1. The number of rotatable bonds is 4. The molecule has 0 aliphatic carbocycles. The minimum absolute atomic E-state index is 0.108. The highest BCUT2D eigenvalue weighted by Gasteiger charge is 2.31. The Bertz CT molecular complexity index is 806. The number of alkyl halides is 3. The number of hydrogen-bond donors (Lipinski definition) is 4. The molecular formula is C18H21F3N4O2. The molecule has 27 heavy (non-hydrogen) atoms. The number of benzene rings is 1. The fraction of sp³-hybridized carbons (Fsp3) is 0.444. The molecule has 4 N–H and O–H groups in total. The number of piperidine rings is 1. The van der Waals surface area contributed by atoms with Crippen LogP contribution in [0.15, 0.2) is 24.3 Å². The van der Waals surface area contributed by atoms with Gasteiger partial charge in [0, 0.05) is 24.2 Å². The van der Waals surface area contributed by atoms with Crippen LogP contribution in [0.2, 0.25) is 0 Å². The van der Waals surface area contributed by atoms with Crippen molar-refractivity contribution in [3.05, 3.63) is 35.4 Å². The van der Waals surface area contributed by atoms with Gasteiger partial charge in [-0.1, -0.05) is 0 Å². The summed E-state index contributed by atoms with van der Waals surface area (Å²) < 4.78 is 38.2. The monoisotopic (exact) mass is 382 g/mol. The van der Waals surface area contributed by atoms with Crippen LogP contribution in [-0.2, 0) is 6.18 Å². The first-order valence-electron chi connectivity index (χ1n) is 8.63. The van der Waals surface area contributed by atoms with Gasteiger partial charge in [0.25, 0.3) is 0 Å². The van der Waals surface area contributed by atoms with Gasteiger partial charge in [0.15, 0.2) is 0 Å². The number of anilines is 1. The van der Waals surface area contributed by atoms with Gasteiger partial charge in [0.05, 0.1) is 17.9 Å². The van der Waals surface area contributed by atoms with Crippen LogP contribution < -0.4 is 10.6 Å². The molecule has 0 saturated carbocycles. The zero-order valence-electron chi connectivity index (χ0n) is 14.7. The lowest BCUT2D eigenvalue weighted by atomic mass is 10.0. The van der Waals surface area contributed by atoms with Crippen LogP contribution in [0.3, 0.4) is 0 Å². The summed E-state index contributed by atoms with van der Waals surface area (Å²) in [5, 5.41) is 33.8. The van der Waals surface area contributed by atoms with Crippen LogP contribution in [0.4, 0.5) is 19.0 Å². The summed E-state index contributed by atoms with van der Waals surface area (Å²) in [5.74, 6) is 0.0614. The number of aliphatic hydroxyl groups is 1. The van der Waals surface area contributed by atoms with Crippen molar-refractivity contribution in [2.24, 2.45) is 0 Å². The van der Waals surface area contributed by atoms with Crippen LogP contribution in [0.1, 0.15) is 24.0 Å². The second kappa shape index (κ2) is 7.69. The van der Waals surface area contributed by atoms with E-state index in [1.165, 1.54) is 6.07 Å². The van der Waals surface area contributed by atoms with E-state index in [1.54, 1.807) is 13.0 Å². The molecule has 6 nitrogen and oxygen atoms in total. The van der Waals surface area contributed by atoms with E-state index in [0.717, 1.165) is 18.9 Å². The Morgan fingerprint density at radius 2 is 2.00 bits per heavy atom. The molecule has 2 aromatic rings. The highest BCUT2D eigenvalue weighted by Crippen LogP contribution is 2.36. The van der Waals surface area contributed by atoms with Crippen LogP contribution in [0, 0.1) is 6.92 Å². The zero-order valence-corrected chi connectivity index (χ0v) is 14.7. The average Bonchev–Trinajstić information content (AvgIpc) is 2.62. The van der Waals surface area contributed by atoms with E-state index in [0.29, 0.717) is 29.7 Å². The molecule has 0 bridgehead atoms. The number of phenolic OH excluding ortho intramolecular Hbond substituents is 1. The summed E-state index contributed by atoms with van der Waals surface area (Å²) in [6.07, 6.45) is -2.80. The van der Waals surface area contributed by atoms with Crippen molar-refractivity contribution in [1.29, 1.82) is 0 Å². The van der Waals surface area contributed by atoms with Crippen molar-refractivity contribution in [2.75, 3.05) is 18.5 Å². The highest BCUT2D eigenvalue weighted by atomic mass is 19.4. The summed E-state index contributed by atoms with van der Waals surface area (Å²) in [6.45, 7) is 2.55. The molecule has 1 aliphatic rings. The largest absolute Gasteiger partial charge is 0.507 e. The Morgan fingerprint density at radius 1 is 1.22 bits per heavy atom. The SMILES string of the molecule is Cc1cc(N[C@@H]2CC[C@@H](CO)NC2)nnc1-c1ccc(C(F)(F)F)cc1O. The normalized spacial score (nSPS) is 20.5. The van der Waals surface area contributed by atoms with Crippen LogP contribution in [0.25, 0.3) is 11.3 Å². The van der Waals surface area contributed by atoms with Gasteiger partial charge in [0.2, 0.25) is 0 Å². The Morgan fingerprint density at radius 3 is 2.56 bits per heavy atom. The second-order valence-electron chi connectivity index (χ2n) is 6.70. The summed E-state index contributed by atoms with van der Waals surface area (Å²) in [6, 6.07) is 4.80. The minimum atomic E-state index is -4.52. The fourth-order valence-corrected chi connectivity index (χ4v) is 3.13. The summed E-state index contributed by atoms with van der Waals surface area (Å²) in [4.78, 5) is 0. The van der Waals surface area contributed by atoms with Crippen molar-refractivity contribution in [2.45, 2.75) is 38.0 Å². The number of aromatic nitrogens is 2. The van der Waals surface area contributed by atoms with Crippen LogP contribution >= 0.6 is 0 Å². The maximum Gasteiger partial charge on any atom is 0.416 e. The van der Waals surface area contributed by atoms with Gasteiger partial charge in [-0.2, -0.15) is 13.2 Å². The molecule has 0 radical (unpaired) electrons. The van der Waals surface area contributed by atoms with Crippen molar-refractivity contribution in [1.82, 2.24) is 15.5 Å². The van der Waals surface area contributed by atoms with E-state index in [2.05, 4.69) is 20.8 Å². The van der Waals surface area contributed by atoms with E-state index in [1.807, 2.05) is 0 Å². The molecule has 2 heterocycles. The lowest BCUT2D eigenvalue weighted by Crippen LogP contribution is -2.46. The average molecular weight is 382 g/mol. The number of aliphatic hydroxyl groups excluding tert-OH is 1. The van der Waals surface area contributed by atoms with E-state index >= 15 is 0 Å². The van der Waals surface area contributed by atoms with Gasteiger partial charge in [-0.15, -0.1) is 10.2 Å². The highest BCUT2D eigenvalue weighted by molar-refractivity contribution is 5.70. The van der Waals surface area contributed by atoms with Gasteiger partial charge in [0.1, 0.15) is 11.6 Å². The van der Waals surface area contributed by atoms with Crippen LogP contribution in [-0.4, -0.2) is 45.6 Å². The van der Waals surface area contributed by atoms with Crippen molar-refractivity contribution in [3.63, 3.8) is 0 Å². The van der Waals surface area contributed by atoms with E-state index < -0.39 is 17.5 Å². The fourth-order valence-electron chi connectivity index (χ4n) is 3.13. The number of halogens is 3. The van der Waals surface area contributed by atoms with Gasteiger partial charge in [-0.3, -0.25) is 0 Å². The maximum absolute atomic E-state index is 12.7. The Kier molecular flexibility index (Phi) is 5.52. The second-order valence-corrected chi connectivity index (χ2v) is 6.70. The standard InChI is InChI=1S/C18H21F3N4O2/c1-10-6-16(23-12-3-4-13(9-26)22-8-12)24-25-17(10)14-5-2-11(7-15(14)27)18(19,20)21/h2,5-7,12-13,22,26-27H,3-4,8-9H2,1H3,(H,23,24)/t12-,13+/m1/s1. The Labute approximate surface area is 154 Å². The molecule has 0 spiro atoms. The first-order chi connectivity index (χ1) is 12.8. The third-order valence-electron chi connectivity index (χ3n) is 4.65. The third kappa shape index (κ3) is 4.48. The quantitative estimate of drug-likeness (QED) is 0.650. The van der Waals surface area contributed by atoms with Gasteiger partial charge in [-0.25, -0.2) is 0 Å². The summed E-state index contributed by atoms with van der Waals surface area (Å²) >= 11 is 0. The van der Waals surface area contributed by atoms with E-state index in [4.69, 9.17) is 5.11 Å². The van der Waals surface area contributed by atoms with Crippen molar-refractivity contribution >= 4 is 5.82 Å². The predicted octanol–water partition coefficient (Wildman–Crippen LogP) is 2.70. The Balaban J connectivity index is 1.75. The lowest BCUT2D eigenvalue weighted by molar-refractivity contribution is -0.137. The number of aromatic hydroxyl groups is 1. The molecule has 0 unspecified atom stereocenters. The van der Waals surface area contributed by atoms with Gasteiger partial charge in [-0.05, 0) is 49.6 Å². The topological polar surface area (TPSA) is 90.3 Å². The van der Waals surface area contributed by atoms with Gasteiger partial charge >= 0.3 is 6.18 Å².